The number of hydrogen-bond donors (Lipinski definition) is 3. The molecule has 1 aromatic carbocycles. The van der Waals surface area contributed by atoms with Crippen LogP contribution >= 0.6 is 0 Å². The van der Waals surface area contributed by atoms with Crippen LogP contribution in [0.15, 0.2) is 24.3 Å². The Balaban J connectivity index is 1.90. The lowest BCUT2D eigenvalue weighted by atomic mass is 10.3. The van der Waals surface area contributed by atoms with Gasteiger partial charge in [-0.15, -0.1) is 0 Å². The summed E-state index contributed by atoms with van der Waals surface area (Å²) in [6, 6.07) is 6.27. The fraction of sp³-hybridized carbons (Fsp3) is 0.533. The molecule has 3 N–H and O–H groups in total. The van der Waals surface area contributed by atoms with Crippen molar-refractivity contribution in [3.8, 4) is 0 Å². The van der Waals surface area contributed by atoms with Crippen LogP contribution in [0.25, 0.3) is 0 Å². The number of hydrogen-bond acceptors (Lipinski definition) is 5. The molecule has 10 heteroatoms. The Kier molecular flexibility index (Phi) is 6.42. The van der Waals surface area contributed by atoms with E-state index in [1.54, 1.807) is 18.2 Å². The first-order valence-corrected chi connectivity index (χ1v) is 11.2. The molecule has 8 nitrogen and oxygen atoms in total. The summed E-state index contributed by atoms with van der Waals surface area (Å²) in [6.07, 6.45) is 3.01. The fourth-order valence-corrected chi connectivity index (χ4v) is 5.39. The number of benzene rings is 1. The largest absolute Gasteiger partial charge is 0.326 e. The number of rotatable bonds is 8. The zero-order chi connectivity index (χ0) is 18.5. The maximum Gasteiger partial charge on any atom is 0.234 e. The van der Waals surface area contributed by atoms with E-state index in [9.17, 15) is 21.6 Å². The van der Waals surface area contributed by atoms with Crippen molar-refractivity contribution in [3.05, 3.63) is 24.3 Å². The molecular weight excluding hydrogens is 366 g/mol. The van der Waals surface area contributed by atoms with E-state index in [0.29, 0.717) is 24.2 Å². The predicted molar refractivity (Wildman–Crippen MR) is 97.3 cm³/mol. The molecule has 0 spiro atoms. The van der Waals surface area contributed by atoms with Crippen LogP contribution in [0.2, 0.25) is 0 Å². The number of sulfonamides is 2. The van der Waals surface area contributed by atoms with Gasteiger partial charge in [-0.25, -0.2) is 21.6 Å². The molecular formula is C15H23N3O5S2. The average molecular weight is 389 g/mol. The van der Waals surface area contributed by atoms with Gasteiger partial charge in [-0.3, -0.25) is 9.52 Å². The number of carbonyl (C=O) groups is 1. The van der Waals surface area contributed by atoms with Gasteiger partial charge in [-0.2, -0.15) is 0 Å². The van der Waals surface area contributed by atoms with Gasteiger partial charge in [-0.1, -0.05) is 18.9 Å². The van der Waals surface area contributed by atoms with Crippen molar-refractivity contribution in [1.82, 2.24) is 4.72 Å². The van der Waals surface area contributed by atoms with E-state index in [4.69, 9.17) is 0 Å². The van der Waals surface area contributed by atoms with Crippen molar-refractivity contribution >= 4 is 37.3 Å². The molecule has 1 fully saturated rings. The summed E-state index contributed by atoms with van der Waals surface area (Å²) < 4.78 is 53.1. The van der Waals surface area contributed by atoms with Gasteiger partial charge in [-0.05, 0) is 31.0 Å². The zero-order valence-corrected chi connectivity index (χ0v) is 15.6. The molecule has 0 saturated heterocycles. The second kappa shape index (κ2) is 8.15. The lowest BCUT2D eigenvalue weighted by Gasteiger charge is -2.13. The molecule has 0 aliphatic heterocycles. The Morgan fingerprint density at radius 1 is 1.12 bits per heavy atom. The number of carbonyl (C=O) groups excluding carboxylic acids is 1. The van der Waals surface area contributed by atoms with Gasteiger partial charge < -0.3 is 5.32 Å². The summed E-state index contributed by atoms with van der Waals surface area (Å²) in [4.78, 5) is 11.0. The minimum absolute atomic E-state index is 0.181. The van der Waals surface area contributed by atoms with Crippen molar-refractivity contribution in [2.45, 2.75) is 37.9 Å². The fourth-order valence-electron chi connectivity index (χ4n) is 2.73. The van der Waals surface area contributed by atoms with Gasteiger partial charge in [0.2, 0.25) is 26.0 Å². The summed E-state index contributed by atoms with van der Waals surface area (Å²) in [5, 5.41) is 2.14. The van der Waals surface area contributed by atoms with Crippen LogP contribution in [0, 0.1) is 0 Å². The Morgan fingerprint density at radius 3 is 2.40 bits per heavy atom. The third-order valence-electron chi connectivity index (χ3n) is 3.87. The molecule has 1 aliphatic rings. The van der Waals surface area contributed by atoms with Crippen LogP contribution in [0.5, 0.6) is 0 Å². The van der Waals surface area contributed by atoms with Gasteiger partial charge in [0.15, 0.2) is 0 Å². The molecule has 1 aromatic rings. The summed E-state index contributed by atoms with van der Waals surface area (Å²) >= 11 is 0. The van der Waals surface area contributed by atoms with Crippen LogP contribution in [0.3, 0.4) is 0 Å². The highest BCUT2D eigenvalue weighted by Gasteiger charge is 2.28. The van der Waals surface area contributed by atoms with E-state index in [1.807, 2.05) is 0 Å². The van der Waals surface area contributed by atoms with Gasteiger partial charge in [0.1, 0.15) is 0 Å². The van der Waals surface area contributed by atoms with E-state index in [2.05, 4.69) is 14.8 Å². The Hall–Kier alpha value is -1.65. The van der Waals surface area contributed by atoms with Crippen molar-refractivity contribution in [1.29, 1.82) is 0 Å². The van der Waals surface area contributed by atoms with E-state index < -0.39 is 25.3 Å². The quantitative estimate of drug-likeness (QED) is 0.618. The summed E-state index contributed by atoms with van der Waals surface area (Å²) in [6.45, 7) is 1.17. The maximum atomic E-state index is 12.1. The molecule has 25 heavy (non-hydrogen) atoms. The summed E-state index contributed by atoms with van der Waals surface area (Å²) in [5.41, 5.74) is 0.763. The van der Waals surface area contributed by atoms with Crippen LogP contribution < -0.4 is 14.8 Å². The van der Waals surface area contributed by atoms with Crippen molar-refractivity contribution < 1.29 is 21.6 Å². The van der Waals surface area contributed by atoms with E-state index >= 15 is 0 Å². The van der Waals surface area contributed by atoms with E-state index in [-0.39, 0.29) is 18.2 Å². The molecule has 1 saturated carbocycles. The van der Waals surface area contributed by atoms with Crippen LogP contribution in [-0.2, 0) is 24.8 Å². The Labute approximate surface area is 148 Å². The molecule has 0 unspecified atom stereocenters. The monoisotopic (exact) mass is 389 g/mol. The lowest BCUT2D eigenvalue weighted by Crippen LogP contribution is -2.36. The maximum absolute atomic E-state index is 12.1. The van der Waals surface area contributed by atoms with Crippen LogP contribution in [-0.4, -0.2) is 40.3 Å². The lowest BCUT2D eigenvalue weighted by molar-refractivity contribution is -0.114. The topological polar surface area (TPSA) is 121 Å². The minimum Gasteiger partial charge on any atom is -0.326 e. The van der Waals surface area contributed by atoms with Crippen molar-refractivity contribution in [3.63, 3.8) is 0 Å². The Morgan fingerprint density at radius 2 is 1.76 bits per heavy atom. The molecule has 140 valence electrons. The first kappa shape index (κ1) is 19.7. The molecule has 0 radical (unpaired) electrons. The standard InChI is InChI=1S/C15H23N3O5S2/c1-12(19)17-13-5-4-6-14(11-13)18-24(20,21)10-9-16-25(22,23)15-7-2-3-8-15/h4-6,11,15-16,18H,2-3,7-10H2,1H3,(H,17,19). The number of anilines is 2. The van der Waals surface area contributed by atoms with E-state index in [1.165, 1.54) is 13.0 Å². The Bertz CT molecular complexity index is 815. The summed E-state index contributed by atoms with van der Waals surface area (Å²) in [5.74, 6) is -0.634. The first-order chi connectivity index (χ1) is 11.7. The van der Waals surface area contributed by atoms with Gasteiger partial charge in [0.25, 0.3) is 0 Å². The molecule has 0 aromatic heterocycles. The number of nitrogens with one attached hydrogen (secondary N) is 3. The highest BCUT2D eigenvalue weighted by atomic mass is 32.2. The molecule has 1 amide bonds. The van der Waals surface area contributed by atoms with Crippen molar-refractivity contribution in [2.75, 3.05) is 22.3 Å². The van der Waals surface area contributed by atoms with Crippen LogP contribution in [0.1, 0.15) is 32.6 Å². The second-order valence-corrected chi connectivity index (χ2v) is 9.92. The SMILES string of the molecule is CC(=O)Nc1cccc(NS(=O)(=O)CCNS(=O)(=O)C2CCCC2)c1. The number of amides is 1. The average Bonchev–Trinajstić information content (AvgIpc) is 3.00. The molecule has 2 rings (SSSR count). The molecule has 0 atom stereocenters. The van der Waals surface area contributed by atoms with Gasteiger partial charge in [0, 0.05) is 19.2 Å². The summed E-state index contributed by atoms with van der Waals surface area (Å²) in [7, 11) is -7.18. The third-order valence-corrected chi connectivity index (χ3v) is 7.12. The van der Waals surface area contributed by atoms with E-state index in [0.717, 1.165) is 12.8 Å². The highest BCUT2D eigenvalue weighted by molar-refractivity contribution is 7.93. The normalized spacial score (nSPS) is 15.9. The minimum atomic E-state index is -3.72. The third kappa shape index (κ3) is 6.29. The predicted octanol–water partition coefficient (Wildman–Crippen LogP) is 1.25. The second-order valence-electron chi connectivity index (χ2n) is 6.03. The smallest absolute Gasteiger partial charge is 0.234 e. The highest BCUT2D eigenvalue weighted by Crippen LogP contribution is 2.23. The van der Waals surface area contributed by atoms with Gasteiger partial charge >= 0.3 is 0 Å². The molecule has 0 bridgehead atoms. The zero-order valence-electron chi connectivity index (χ0n) is 14.0. The van der Waals surface area contributed by atoms with Crippen molar-refractivity contribution in [2.24, 2.45) is 0 Å². The van der Waals surface area contributed by atoms with Gasteiger partial charge in [0.05, 0.1) is 16.7 Å². The molecule has 0 heterocycles. The van der Waals surface area contributed by atoms with Crippen LogP contribution in [0.4, 0.5) is 11.4 Å². The first-order valence-electron chi connectivity index (χ1n) is 8.04. The molecule has 1 aliphatic carbocycles.